The second-order valence-corrected chi connectivity index (χ2v) is 2.05. The first kappa shape index (κ1) is 8.98. The summed E-state index contributed by atoms with van der Waals surface area (Å²) in [5.74, 6) is -1.18. The highest BCUT2D eigenvalue weighted by atomic mass is 19.4. The summed E-state index contributed by atoms with van der Waals surface area (Å²) in [6.45, 7) is -0.246. The molecule has 12 heavy (non-hydrogen) atoms. The fourth-order valence-electron chi connectivity index (χ4n) is 0.635. The van der Waals surface area contributed by atoms with E-state index in [-0.39, 0.29) is 13.2 Å². The van der Waals surface area contributed by atoms with Gasteiger partial charge in [0.2, 0.25) is 0 Å². The number of hydrogen-bond acceptors (Lipinski definition) is 3. The van der Waals surface area contributed by atoms with Gasteiger partial charge in [-0.2, -0.15) is 13.2 Å². The molecule has 0 unspecified atom stereocenters. The first-order chi connectivity index (χ1) is 5.54. The maximum atomic E-state index is 11.8. The van der Waals surface area contributed by atoms with Crippen LogP contribution in [-0.2, 0) is 12.7 Å². The molecule has 0 spiro atoms. The Morgan fingerprint density at radius 1 is 1.50 bits per heavy atom. The maximum Gasteiger partial charge on any atom is 0.453 e. The molecule has 1 aromatic heterocycles. The smallest absolute Gasteiger partial charge is 0.394 e. The molecule has 0 bridgehead atoms. The Kier molecular flexibility index (Phi) is 2.32. The van der Waals surface area contributed by atoms with E-state index in [0.29, 0.717) is 0 Å². The lowest BCUT2D eigenvalue weighted by Crippen LogP contribution is -2.10. The highest BCUT2D eigenvalue weighted by Crippen LogP contribution is 2.25. The van der Waals surface area contributed by atoms with Crippen LogP contribution in [0.5, 0.6) is 0 Å². The zero-order chi connectivity index (χ0) is 9.19. The molecule has 1 rings (SSSR count). The Labute approximate surface area is 65.6 Å². The van der Waals surface area contributed by atoms with Gasteiger partial charge in [-0.25, -0.2) is 4.98 Å². The van der Waals surface area contributed by atoms with Crippen molar-refractivity contribution in [2.75, 3.05) is 6.61 Å². The van der Waals surface area contributed by atoms with E-state index >= 15 is 0 Å². The number of halogens is 3. The minimum Gasteiger partial charge on any atom is -0.394 e. The van der Waals surface area contributed by atoms with E-state index in [2.05, 4.69) is 10.1 Å². The molecule has 0 amide bonds. The third kappa shape index (κ3) is 1.94. The average molecular weight is 181 g/mol. The van der Waals surface area contributed by atoms with Gasteiger partial charge in [-0.15, -0.1) is 5.10 Å². The predicted octanol–water partition coefficient (Wildman–Crippen LogP) is 0.289. The Morgan fingerprint density at radius 2 is 2.17 bits per heavy atom. The lowest BCUT2D eigenvalue weighted by molar-refractivity contribution is -0.145. The van der Waals surface area contributed by atoms with Gasteiger partial charge in [0, 0.05) is 0 Å². The summed E-state index contributed by atoms with van der Waals surface area (Å²) in [5, 5.41) is 11.5. The molecule has 0 aliphatic heterocycles. The molecular formula is C5H6F3N3O. The van der Waals surface area contributed by atoms with Crippen LogP contribution in [0.25, 0.3) is 0 Å². The number of aliphatic hydroxyl groups excluding tert-OH is 1. The molecule has 0 aliphatic rings. The second kappa shape index (κ2) is 3.10. The van der Waals surface area contributed by atoms with Crippen molar-refractivity contribution in [1.29, 1.82) is 0 Å². The first-order valence-electron chi connectivity index (χ1n) is 3.11. The van der Waals surface area contributed by atoms with Crippen LogP contribution in [0.15, 0.2) is 6.33 Å². The normalized spacial score (nSPS) is 12.0. The molecule has 1 heterocycles. The maximum absolute atomic E-state index is 11.8. The van der Waals surface area contributed by atoms with Gasteiger partial charge in [-0.3, -0.25) is 4.68 Å². The van der Waals surface area contributed by atoms with Gasteiger partial charge in [-0.1, -0.05) is 0 Å². The largest absolute Gasteiger partial charge is 0.453 e. The Bertz CT molecular complexity index is 257. The molecule has 1 N–H and O–H groups in total. The number of alkyl halides is 3. The molecule has 0 aromatic carbocycles. The van der Waals surface area contributed by atoms with Crippen LogP contribution in [-0.4, -0.2) is 26.5 Å². The lowest BCUT2D eigenvalue weighted by atomic mass is 10.6. The molecule has 0 aliphatic carbocycles. The minimum atomic E-state index is -4.51. The van der Waals surface area contributed by atoms with Crippen LogP contribution < -0.4 is 0 Å². The zero-order valence-corrected chi connectivity index (χ0v) is 5.91. The van der Waals surface area contributed by atoms with E-state index < -0.39 is 12.0 Å². The lowest BCUT2D eigenvalue weighted by Gasteiger charge is -1.98. The van der Waals surface area contributed by atoms with Crippen molar-refractivity contribution >= 4 is 0 Å². The average Bonchev–Trinajstić information content (AvgIpc) is 2.35. The van der Waals surface area contributed by atoms with Crippen LogP contribution in [0.1, 0.15) is 5.82 Å². The summed E-state index contributed by atoms with van der Waals surface area (Å²) >= 11 is 0. The summed E-state index contributed by atoms with van der Waals surface area (Å²) in [4.78, 5) is 3.02. The summed E-state index contributed by atoms with van der Waals surface area (Å²) in [6.07, 6.45) is -3.58. The van der Waals surface area contributed by atoms with Gasteiger partial charge in [0.1, 0.15) is 6.33 Å². The molecule has 0 saturated heterocycles. The Balaban J connectivity index is 2.77. The standard InChI is InChI=1S/C5H6F3N3O/c6-5(7,8)4-9-3-11(10-4)1-2-12/h3,12H,1-2H2. The summed E-state index contributed by atoms with van der Waals surface area (Å²) in [5.41, 5.74) is 0. The van der Waals surface area contributed by atoms with Gasteiger partial charge in [0.05, 0.1) is 13.2 Å². The molecule has 0 fully saturated rings. The van der Waals surface area contributed by atoms with Crippen LogP contribution >= 0.6 is 0 Å². The molecule has 0 saturated carbocycles. The van der Waals surface area contributed by atoms with Crippen molar-refractivity contribution in [3.05, 3.63) is 12.2 Å². The van der Waals surface area contributed by atoms with E-state index in [1.165, 1.54) is 0 Å². The highest BCUT2D eigenvalue weighted by Gasteiger charge is 2.35. The van der Waals surface area contributed by atoms with Crippen molar-refractivity contribution in [3.63, 3.8) is 0 Å². The molecule has 0 atom stereocenters. The van der Waals surface area contributed by atoms with Gasteiger partial charge in [0.15, 0.2) is 0 Å². The number of aromatic nitrogens is 3. The van der Waals surface area contributed by atoms with Gasteiger partial charge >= 0.3 is 6.18 Å². The molecule has 1 aromatic rings. The fraction of sp³-hybridized carbons (Fsp3) is 0.600. The topological polar surface area (TPSA) is 50.9 Å². The number of hydrogen-bond donors (Lipinski definition) is 1. The first-order valence-corrected chi connectivity index (χ1v) is 3.11. The Morgan fingerprint density at radius 3 is 2.58 bits per heavy atom. The minimum absolute atomic E-state index is 0.0169. The monoisotopic (exact) mass is 181 g/mol. The molecule has 4 nitrogen and oxygen atoms in total. The molecular weight excluding hydrogens is 175 g/mol. The Hall–Kier alpha value is -1.11. The second-order valence-electron chi connectivity index (χ2n) is 2.05. The summed E-state index contributed by atoms with van der Waals surface area (Å²) in [6, 6.07) is 0. The van der Waals surface area contributed by atoms with E-state index in [9.17, 15) is 13.2 Å². The number of rotatable bonds is 2. The van der Waals surface area contributed by atoms with Crippen molar-refractivity contribution in [2.45, 2.75) is 12.7 Å². The van der Waals surface area contributed by atoms with Crippen molar-refractivity contribution < 1.29 is 18.3 Å². The van der Waals surface area contributed by atoms with Crippen molar-refractivity contribution in [1.82, 2.24) is 14.8 Å². The third-order valence-electron chi connectivity index (χ3n) is 1.12. The molecule has 7 heteroatoms. The molecule has 68 valence electrons. The zero-order valence-electron chi connectivity index (χ0n) is 5.91. The molecule has 0 radical (unpaired) electrons. The van der Waals surface area contributed by atoms with E-state index in [1.54, 1.807) is 0 Å². The van der Waals surface area contributed by atoms with Gasteiger partial charge in [-0.05, 0) is 0 Å². The summed E-state index contributed by atoms with van der Waals surface area (Å²) in [7, 11) is 0. The van der Waals surface area contributed by atoms with E-state index in [0.717, 1.165) is 11.0 Å². The number of aliphatic hydroxyl groups is 1. The van der Waals surface area contributed by atoms with Crippen molar-refractivity contribution in [3.8, 4) is 0 Å². The quantitative estimate of drug-likeness (QED) is 0.713. The van der Waals surface area contributed by atoms with E-state index in [1.807, 2.05) is 0 Å². The third-order valence-corrected chi connectivity index (χ3v) is 1.12. The van der Waals surface area contributed by atoms with Gasteiger partial charge < -0.3 is 5.11 Å². The predicted molar refractivity (Wildman–Crippen MR) is 32.1 cm³/mol. The van der Waals surface area contributed by atoms with Crippen LogP contribution in [0.2, 0.25) is 0 Å². The van der Waals surface area contributed by atoms with Crippen LogP contribution in [0.3, 0.4) is 0 Å². The van der Waals surface area contributed by atoms with E-state index in [4.69, 9.17) is 5.11 Å². The SMILES string of the molecule is OCCn1cnc(C(F)(F)F)n1. The number of nitrogens with zero attached hydrogens (tertiary/aromatic N) is 3. The highest BCUT2D eigenvalue weighted by molar-refractivity contribution is 4.87. The van der Waals surface area contributed by atoms with Gasteiger partial charge in [0.25, 0.3) is 5.82 Å². The summed E-state index contributed by atoms with van der Waals surface area (Å²) < 4.78 is 36.5. The van der Waals surface area contributed by atoms with Crippen LogP contribution in [0.4, 0.5) is 13.2 Å². The fourth-order valence-corrected chi connectivity index (χ4v) is 0.635. The van der Waals surface area contributed by atoms with Crippen LogP contribution in [0, 0.1) is 0 Å². The van der Waals surface area contributed by atoms with Crippen molar-refractivity contribution in [2.24, 2.45) is 0 Å².